The molecule has 13 heteroatoms. The monoisotopic (exact) mass is 559 g/mol. The van der Waals surface area contributed by atoms with Gasteiger partial charge >= 0.3 is 12.2 Å². The van der Waals surface area contributed by atoms with Gasteiger partial charge in [0.25, 0.3) is 0 Å². The van der Waals surface area contributed by atoms with Crippen molar-refractivity contribution in [3.8, 4) is 12.3 Å². The van der Waals surface area contributed by atoms with Crippen molar-refractivity contribution < 1.29 is 33.6 Å². The summed E-state index contributed by atoms with van der Waals surface area (Å²) < 4.78 is 25.5. The highest BCUT2D eigenvalue weighted by atomic mass is 32.2. The summed E-state index contributed by atoms with van der Waals surface area (Å²) in [5, 5.41) is 10.1. The molecule has 2 aromatic heterocycles. The summed E-state index contributed by atoms with van der Waals surface area (Å²) in [4.78, 5) is 36.6. The molecule has 3 saturated heterocycles. The van der Waals surface area contributed by atoms with Gasteiger partial charge in [0, 0.05) is 31.1 Å². The molecule has 4 atom stereocenters. The third-order valence-corrected chi connectivity index (χ3v) is 8.21. The van der Waals surface area contributed by atoms with Crippen molar-refractivity contribution in [2.75, 3.05) is 37.7 Å². The van der Waals surface area contributed by atoms with Crippen LogP contribution >= 0.6 is 11.8 Å². The summed E-state index contributed by atoms with van der Waals surface area (Å²) in [7, 11) is 0. The Morgan fingerprint density at radius 2 is 1.95 bits per heavy atom. The first-order valence-electron chi connectivity index (χ1n) is 12.8. The topological polar surface area (TPSA) is 128 Å². The van der Waals surface area contributed by atoms with Crippen molar-refractivity contribution >= 4 is 40.8 Å². The Balaban J connectivity index is 1.55. The van der Waals surface area contributed by atoms with E-state index in [1.54, 1.807) is 38.7 Å². The van der Waals surface area contributed by atoms with Crippen molar-refractivity contribution in [3.63, 3.8) is 0 Å². The van der Waals surface area contributed by atoms with E-state index in [1.807, 2.05) is 18.4 Å². The highest BCUT2D eigenvalue weighted by Gasteiger charge is 2.56. The van der Waals surface area contributed by atoms with E-state index in [4.69, 9.17) is 25.4 Å². The van der Waals surface area contributed by atoms with Gasteiger partial charge in [-0.05, 0) is 34.6 Å². The van der Waals surface area contributed by atoms with Crippen LogP contribution < -0.4 is 4.90 Å². The number of anilines is 1. The molecular formula is C26H33N5O7S. The lowest BCUT2D eigenvalue weighted by atomic mass is 10.1. The Hall–Kier alpha value is -2.89. The molecule has 0 radical (unpaired) electrons. The maximum Gasteiger partial charge on any atom is 0.425 e. The van der Waals surface area contributed by atoms with Gasteiger partial charge in [-0.2, -0.15) is 4.90 Å². The molecule has 3 aliphatic rings. The summed E-state index contributed by atoms with van der Waals surface area (Å²) >= 11 is 1.70. The van der Waals surface area contributed by atoms with Crippen LogP contribution in [-0.2, 0) is 18.9 Å². The first-order chi connectivity index (χ1) is 18.4. The highest BCUT2D eigenvalue weighted by molar-refractivity contribution is 8.00. The van der Waals surface area contributed by atoms with Crippen LogP contribution in [0.3, 0.4) is 0 Å². The molecule has 2 aromatic rings. The Morgan fingerprint density at radius 1 is 1.26 bits per heavy atom. The predicted octanol–water partition coefficient (Wildman–Crippen LogP) is 3.30. The fourth-order valence-corrected chi connectivity index (χ4v) is 6.85. The van der Waals surface area contributed by atoms with Crippen LogP contribution in [-0.4, -0.2) is 98.4 Å². The largest absolute Gasteiger partial charge is 0.464 e. The average molecular weight is 560 g/mol. The number of rotatable bonds is 4. The standard InChI is InChI=1S/C26H33N5O7S/c1-7-15-12-30(20-17(15)21(28-14-27-20)31(23(32)33)24(34)38-25(2,3)4)22-19-18(36-26(5,6)37-19)16(39-22)13-29-8-10-35-11-9-29/h1,12,14,16,18-19,22H,8-11,13H2,2-6H3,(H,32,33)/t16-,18-,19-,22-/m1/s1. The van der Waals surface area contributed by atoms with Crippen molar-refractivity contribution in [2.45, 2.75) is 68.8 Å². The minimum Gasteiger partial charge on any atom is -0.464 e. The molecule has 5 heterocycles. The first kappa shape index (κ1) is 27.7. The summed E-state index contributed by atoms with van der Waals surface area (Å²) in [6.07, 6.45) is 5.70. The Kier molecular flexibility index (Phi) is 7.28. The average Bonchev–Trinajstić information content (AvgIpc) is 3.47. The molecule has 0 spiro atoms. The number of hydrogen-bond acceptors (Lipinski definition) is 10. The Morgan fingerprint density at radius 3 is 2.59 bits per heavy atom. The maximum absolute atomic E-state index is 12.9. The minimum atomic E-state index is -1.55. The number of imide groups is 1. The number of morpholine rings is 1. The van der Waals surface area contributed by atoms with Gasteiger partial charge in [0.1, 0.15) is 35.2 Å². The van der Waals surface area contributed by atoms with Gasteiger partial charge < -0.3 is 28.6 Å². The van der Waals surface area contributed by atoms with E-state index in [1.165, 1.54) is 6.33 Å². The second kappa shape index (κ2) is 10.3. The molecule has 3 fully saturated rings. The van der Waals surface area contributed by atoms with Crippen molar-refractivity contribution in [1.82, 2.24) is 19.4 Å². The van der Waals surface area contributed by atoms with Crippen molar-refractivity contribution in [3.05, 3.63) is 18.1 Å². The van der Waals surface area contributed by atoms with E-state index in [0.29, 0.717) is 29.3 Å². The van der Waals surface area contributed by atoms with Gasteiger partial charge in [-0.3, -0.25) is 4.90 Å². The van der Waals surface area contributed by atoms with Gasteiger partial charge in [0.2, 0.25) is 0 Å². The van der Waals surface area contributed by atoms with E-state index < -0.39 is 23.6 Å². The third-order valence-electron chi connectivity index (χ3n) is 6.67. The third kappa shape index (κ3) is 5.44. The van der Waals surface area contributed by atoms with Crippen LogP contribution in [0.5, 0.6) is 0 Å². The molecule has 2 amide bonds. The molecular weight excluding hydrogens is 526 g/mol. The first-order valence-corrected chi connectivity index (χ1v) is 13.7. The van der Waals surface area contributed by atoms with Gasteiger partial charge in [0.05, 0.1) is 24.2 Å². The number of carbonyl (C=O) groups is 2. The lowest BCUT2D eigenvalue weighted by Gasteiger charge is -2.31. The van der Waals surface area contributed by atoms with E-state index in [0.717, 1.165) is 19.6 Å². The van der Waals surface area contributed by atoms with E-state index in [2.05, 4.69) is 20.8 Å². The number of carbonyl (C=O) groups excluding carboxylic acids is 1. The number of hydrogen-bond donors (Lipinski definition) is 1. The number of thioether (sulfide) groups is 1. The smallest absolute Gasteiger partial charge is 0.425 e. The zero-order valence-electron chi connectivity index (χ0n) is 22.6. The number of nitrogens with zero attached hydrogens (tertiary/aromatic N) is 5. The molecule has 12 nitrogen and oxygen atoms in total. The fraction of sp³-hybridized carbons (Fsp3) is 0.615. The normalized spacial score (nSPS) is 26.8. The summed E-state index contributed by atoms with van der Waals surface area (Å²) in [6.45, 7) is 12.6. The summed E-state index contributed by atoms with van der Waals surface area (Å²) in [6, 6.07) is 0. The molecule has 0 aromatic carbocycles. The zero-order valence-corrected chi connectivity index (χ0v) is 23.4. The number of terminal acetylenes is 1. The molecule has 0 saturated carbocycles. The van der Waals surface area contributed by atoms with Crippen molar-refractivity contribution in [1.29, 1.82) is 0 Å². The summed E-state index contributed by atoms with van der Waals surface area (Å²) in [5.41, 5.74) is -0.184. The van der Waals surface area contributed by atoms with Crippen LogP contribution in [0.25, 0.3) is 11.0 Å². The molecule has 210 valence electrons. The second-order valence-corrected chi connectivity index (χ2v) is 12.5. The van der Waals surface area contributed by atoms with E-state index >= 15 is 0 Å². The van der Waals surface area contributed by atoms with Crippen LogP contribution in [0.15, 0.2) is 12.5 Å². The quantitative estimate of drug-likeness (QED) is 0.554. The van der Waals surface area contributed by atoms with E-state index in [-0.39, 0.29) is 34.0 Å². The van der Waals surface area contributed by atoms with Gasteiger partial charge in [-0.25, -0.2) is 19.6 Å². The number of ether oxygens (including phenoxy) is 4. The van der Waals surface area contributed by atoms with Crippen LogP contribution in [0.4, 0.5) is 15.4 Å². The number of aromatic nitrogens is 3. The highest BCUT2D eigenvalue weighted by Crippen LogP contribution is 2.52. The lowest BCUT2D eigenvalue weighted by Crippen LogP contribution is -2.43. The molecule has 0 aliphatic carbocycles. The Labute approximate surface area is 230 Å². The van der Waals surface area contributed by atoms with Crippen LogP contribution in [0.1, 0.15) is 45.6 Å². The second-order valence-electron chi connectivity index (χ2n) is 11.1. The van der Waals surface area contributed by atoms with Gasteiger partial charge in [-0.1, -0.05) is 5.92 Å². The van der Waals surface area contributed by atoms with Gasteiger partial charge in [-0.15, -0.1) is 18.2 Å². The molecule has 0 bridgehead atoms. The molecule has 39 heavy (non-hydrogen) atoms. The number of amides is 2. The maximum atomic E-state index is 12.9. The lowest BCUT2D eigenvalue weighted by molar-refractivity contribution is -0.149. The molecule has 1 N–H and O–H groups in total. The number of carboxylic acid groups (broad SMARTS) is 1. The van der Waals surface area contributed by atoms with Gasteiger partial charge in [0.15, 0.2) is 11.6 Å². The predicted molar refractivity (Wildman–Crippen MR) is 144 cm³/mol. The molecule has 5 rings (SSSR count). The van der Waals surface area contributed by atoms with Crippen LogP contribution in [0.2, 0.25) is 0 Å². The molecule has 0 unspecified atom stereocenters. The van der Waals surface area contributed by atoms with Crippen LogP contribution in [0, 0.1) is 12.3 Å². The van der Waals surface area contributed by atoms with E-state index in [9.17, 15) is 14.7 Å². The summed E-state index contributed by atoms with van der Waals surface area (Å²) in [5.74, 6) is 1.68. The Bertz CT molecular complexity index is 1310. The zero-order chi connectivity index (χ0) is 28.1. The number of fused-ring (bicyclic) bond motifs is 2. The van der Waals surface area contributed by atoms with Crippen molar-refractivity contribution in [2.24, 2.45) is 0 Å². The SMILES string of the molecule is C#Cc1cn([C@@H]2S[C@H](CN3CCOCC3)[C@H]3OC(C)(C)O[C@H]32)c2ncnc(N(C(=O)O)C(=O)OC(C)(C)C)c12. The fourth-order valence-electron chi connectivity index (χ4n) is 5.17. The minimum absolute atomic E-state index is 0.102. The molecule has 3 aliphatic heterocycles.